The topological polar surface area (TPSA) is 163 Å². The molecule has 0 radical (unpaired) electrons. The van der Waals surface area contributed by atoms with Gasteiger partial charge >= 0.3 is 12.1 Å². The van der Waals surface area contributed by atoms with E-state index in [0.717, 1.165) is 5.56 Å². The summed E-state index contributed by atoms with van der Waals surface area (Å²) in [5.74, 6) is -2.86. The van der Waals surface area contributed by atoms with E-state index in [2.05, 4.69) is 33.9 Å². The largest absolute Gasteiger partial charge is 0.481 e. The minimum atomic E-state index is -1.25. The average molecular weight is 567 g/mol. The molecule has 0 aliphatic rings. The van der Waals surface area contributed by atoms with E-state index >= 15 is 0 Å². The number of ether oxygens (including phenoxy) is 1. The molecule has 0 saturated carbocycles. The minimum Gasteiger partial charge on any atom is -0.481 e. The molecule has 5 N–H and O–H groups in total. The fourth-order valence-electron chi connectivity index (χ4n) is 3.53. The smallest absolute Gasteiger partial charge is 0.408 e. The molecule has 39 heavy (non-hydrogen) atoms. The number of rotatable bonds is 15. The third-order valence-corrected chi connectivity index (χ3v) is 5.73. The highest BCUT2D eigenvalue weighted by Gasteiger charge is 2.31. The third-order valence-electron chi connectivity index (χ3n) is 5.37. The lowest BCUT2D eigenvalue weighted by Gasteiger charge is -2.26. The predicted octanol–water partition coefficient (Wildman–Crippen LogP) is 2.05. The van der Waals surface area contributed by atoms with Crippen LogP contribution in [0.2, 0.25) is 0 Å². The van der Waals surface area contributed by atoms with Crippen LogP contribution in [0.4, 0.5) is 4.79 Å². The molecular weight excluding hydrogens is 524 g/mol. The van der Waals surface area contributed by atoms with E-state index in [1.807, 2.05) is 44.2 Å². The van der Waals surface area contributed by atoms with Crippen LogP contribution < -0.4 is 21.3 Å². The van der Waals surface area contributed by atoms with Gasteiger partial charge in [0, 0.05) is 18.7 Å². The molecule has 0 bridgehead atoms. The van der Waals surface area contributed by atoms with Gasteiger partial charge in [0.2, 0.25) is 17.7 Å². The molecule has 0 aliphatic carbocycles. The molecule has 12 heteroatoms. The fourth-order valence-corrected chi connectivity index (χ4v) is 3.78. The molecule has 3 atom stereocenters. The lowest BCUT2D eigenvalue weighted by molar-refractivity contribution is -0.137. The van der Waals surface area contributed by atoms with Gasteiger partial charge in [-0.25, -0.2) is 4.79 Å². The van der Waals surface area contributed by atoms with Crippen LogP contribution in [0.15, 0.2) is 30.3 Å². The summed E-state index contributed by atoms with van der Waals surface area (Å²) in [4.78, 5) is 62.3. The van der Waals surface area contributed by atoms with Crippen LogP contribution in [0.5, 0.6) is 0 Å². The zero-order chi connectivity index (χ0) is 29.6. The monoisotopic (exact) mass is 566 g/mol. The Morgan fingerprint density at radius 1 is 0.897 bits per heavy atom. The number of carbonyl (C=O) groups excluding carboxylic acids is 4. The number of carbonyl (C=O) groups is 5. The lowest BCUT2D eigenvalue weighted by Crippen LogP contribution is -2.57. The van der Waals surface area contributed by atoms with Crippen molar-refractivity contribution >= 4 is 42.4 Å². The summed E-state index contributed by atoms with van der Waals surface area (Å²) in [6.07, 6.45) is -0.627. The maximum atomic E-state index is 13.1. The van der Waals surface area contributed by atoms with Gasteiger partial charge < -0.3 is 31.1 Å². The van der Waals surface area contributed by atoms with E-state index in [1.165, 1.54) is 0 Å². The second-order valence-electron chi connectivity index (χ2n) is 10.6. The zero-order valence-corrected chi connectivity index (χ0v) is 24.2. The van der Waals surface area contributed by atoms with E-state index in [4.69, 9.17) is 9.84 Å². The molecule has 1 rings (SSSR count). The van der Waals surface area contributed by atoms with Gasteiger partial charge in [0.25, 0.3) is 0 Å². The first-order chi connectivity index (χ1) is 18.2. The van der Waals surface area contributed by atoms with Gasteiger partial charge in [-0.05, 0) is 51.5 Å². The quantitative estimate of drug-likeness (QED) is 0.177. The van der Waals surface area contributed by atoms with E-state index in [-0.39, 0.29) is 30.9 Å². The average Bonchev–Trinajstić information content (AvgIpc) is 2.83. The predicted molar refractivity (Wildman–Crippen MR) is 150 cm³/mol. The first kappa shape index (κ1) is 33.7. The number of benzene rings is 1. The Labute approximate surface area is 235 Å². The maximum absolute atomic E-state index is 13.1. The van der Waals surface area contributed by atoms with Crippen molar-refractivity contribution < 1.29 is 33.8 Å². The van der Waals surface area contributed by atoms with Gasteiger partial charge in [-0.2, -0.15) is 12.6 Å². The van der Waals surface area contributed by atoms with Crippen molar-refractivity contribution in [2.75, 3.05) is 12.3 Å². The molecule has 0 aromatic heterocycles. The van der Waals surface area contributed by atoms with Gasteiger partial charge in [0.1, 0.15) is 23.7 Å². The van der Waals surface area contributed by atoms with Gasteiger partial charge in [0.15, 0.2) is 0 Å². The Balaban J connectivity index is 2.87. The summed E-state index contributed by atoms with van der Waals surface area (Å²) in [5, 5.41) is 19.5. The van der Waals surface area contributed by atoms with E-state index in [9.17, 15) is 24.0 Å². The molecule has 4 amide bonds. The van der Waals surface area contributed by atoms with Gasteiger partial charge in [-0.3, -0.25) is 19.2 Å². The van der Waals surface area contributed by atoms with Gasteiger partial charge in [0.05, 0.1) is 0 Å². The molecule has 0 aliphatic heterocycles. The Morgan fingerprint density at radius 2 is 1.49 bits per heavy atom. The molecular formula is C27H42N4O7S. The standard InChI is InChI=1S/C27H42N4O7S/c1-17(2)15-20(29-24(35)19(11-12-22(32)33)31-26(37)38-27(3,4)5)25(36)30-21(16-39)23(34)28-14-13-18-9-7-6-8-10-18/h6-10,17,19-21,39H,11-16H2,1-5H3,(H,28,34)(H,29,35)(H,30,36)(H,31,37)(H,32,33)/t19-,20-,21-/m0/s1. The number of alkyl carbamates (subject to hydrolysis) is 1. The molecule has 11 nitrogen and oxygen atoms in total. The van der Waals surface area contributed by atoms with Crippen molar-refractivity contribution in [1.29, 1.82) is 0 Å². The Kier molecular flexibility index (Phi) is 14.4. The summed E-state index contributed by atoms with van der Waals surface area (Å²) in [7, 11) is 0. The molecule has 0 spiro atoms. The first-order valence-corrected chi connectivity index (χ1v) is 13.6. The zero-order valence-electron chi connectivity index (χ0n) is 23.3. The third kappa shape index (κ3) is 14.4. The number of nitrogens with one attached hydrogen (secondary N) is 4. The van der Waals surface area contributed by atoms with Crippen LogP contribution in [-0.2, 0) is 30.3 Å². The second kappa shape index (κ2) is 16.6. The number of carboxylic acid groups (broad SMARTS) is 1. The van der Waals surface area contributed by atoms with Crippen LogP contribution in [-0.4, -0.2) is 70.9 Å². The Hall–Kier alpha value is -3.28. The fraction of sp³-hybridized carbons (Fsp3) is 0.593. The van der Waals surface area contributed by atoms with E-state index in [1.54, 1.807) is 20.8 Å². The highest BCUT2D eigenvalue weighted by Crippen LogP contribution is 2.10. The molecule has 0 heterocycles. The highest BCUT2D eigenvalue weighted by molar-refractivity contribution is 7.80. The number of thiol groups is 1. The van der Waals surface area contributed by atoms with Crippen LogP contribution in [0.25, 0.3) is 0 Å². The summed E-state index contributed by atoms with van der Waals surface area (Å²) >= 11 is 4.20. The molecule has 218 valence electrons. The molecule has 0 saturated heterocycles. The van der Waals surface area contributed by atoms with Crippen molar-refractivity contribution in [2.24, 2.45) is 5.92 Å². The number of amides is 4. The number of hydrogen-bond acceptors (Lipinski definition) is 7. The molecule has 1 aromatic carbocycles. The van der Waals surface area contributed by atoms with E-state index < -0.39 is 53.5 Å². The van der Waals surface area contributed by atoms with Crippen LogP contribution in [0, 0.1) is 5.92 Å². The number of carboxylic acids is 1. The summed E-state index contributed by atoms with van der Waals surface area (Å²) in [6.45, 7) is 9.04. The van der Waals surface area contributed by atoms with Crippen molar-refractivity contribution in [3.05, 3.63) is 35.9 Å². The molecule has 0 unspecified atom stereocenters. The molecule has 1 aromatic rings. The summed E-state index contributed by atoms with van der Waals surface area (Å²) in [5.41, 5.74) is 0.225. The van der Waals surface area contributed by atoms with Gasteiger partial charge in [-0.1, -0.05) is 44.2 Å². The summed E-state index contributed by atoms with van der Waals surface area (Å²) in [6, 6.07) is 6.40. The van der Waals surface area contributed by atoms with Gasteiger partial charge in [-0.15, -0.1) is 0 Å². The van der Waals surface area contributed by atoms with E-state index in [0.29, 0.717) is 13.0 Å². The van der Waals surface area contributed by atoms with Crippen molar-refractivity contribution in [2.45, 2.75) is 84.0 Å². The highest BCUT2D eigenvalue weighted by atomic mass is 32.1. The van der Waals surface area contributed by atoms with Crippen LogP contribution in [0.3, 0.4) is 0 Å². The van der Waals surface area contributed by atoms with Crippen molar-refractivity contribution in [3.63, 3.8) is 0 Å². The van der Waals surface area contributed by atoms with Crippen molar-refractivity contribution in [3.8, 4) is 0 Å². The normalized spacial score (nSPS) is 13.5. The summed E-state index contributed by atoms with van der Waals surface area (Å²) < 4.78 is 5.19. The Bertz CT molecular complexity index is 967. The maximum Gasteiger partial charge on any atom is 0.408 e. The van der Waals surface area contributed by atoms with Crippen molar-refractivity contribution in [1.82, 2.24) is 21.3 Å². The first-order valence-electron chi connectivity index (χ1n) is 13.0. The lowest BCUT2D eigenvalue weighted by atomic mass is 10.0. The number of aliphatic carboxylic acids is 1. The number of hydrogen-bond donors (Lipinski definition) is 6. The Morgan fingerprint density at radius 3 is 2.03 bits per heavy atom. The second-order valence-corrected chi connectivity index (χ2v) is 11.0. The minimum absolute atomic E-state index is 0.00788. The van der Waals surface area contributed by atoms with Crippen LogP contribution >= 0.6 is 12.6 Å². The molecule has 0 fully saturated rings. The van der Waals surface area contributed by atoms with Crippen LogP contribution in [0.1, 0.15) is 59.4 Å². The SMILES string of the molecule is CC(C)C[C@H](NC(=O)[C@H](CCC(=O)O)NC(=O)OC(C)(C)C)C(=O)N[C@@H](CS)C(=O)NCCc1ccccc1.